The van der Waals surface area contributed by atoms with Crippen LogP contribution < -0.4 is 5.73 Å². The van der Waals surface area contributed by atoms with Crippen molar-refractivity contribution in [2.24, 2.45) is 5.92 Å². The molecule has 19 heavy (non-hydrogen) atoms. The number of likely N-dealkylation sites (N-methyl/N-ethyl adjacent to an activating group) is 1. The number of anilines is 1. The number of nitrogens with two attached hydrogens (primary N) is 1. The molecule has 0 spiro atoms. The molecule has 0 atom stereocenters. The van der Waals surface area contributed by atoms with Gasteiger partial charge in [-0.3, -0.25) is 4.90 Å². The normalized spacial score (nSPS) is 11.7. The summed E-state index contributed by atoms with van der Waals surface area (Å²) in [4.78, 5) is 4.62. The predicted octanol–water partition coefficient (Wildman–Crippen LogP) is 1.99. The minimum atomic E-state index is 0.160. The number of phenolic OH excluding ortho intramolecular Hbond substituents is 1. The maximum absolute atomic E-state index is 9.45. The van der Waals surface area contributed by atoms with E-state index in [9.17, 15) is 5.11 Å². The summed E-state index contributed by atoms with van der Waals surface area (Å²) < 4.78 is 0. The van der Waals surface area contributed by atoms with Gasteiger partial charge in [0.05, 0.1) is 5.69 Å². The maximum Gasteiger partial charge on any atom is 0.138 e. The number of hydrogen-bond acceptors (Lipinski definition) is 4. The number of benzene rings is 1. The van der Waals surface area contributed by atoms with Crippen molar-refractivity contribution in [2.75, 3.05) is 39.5 Å². The summed E-state index contributed by atoms with van der Waals surface area (Å²) in [5.41, 5.74) is 7.34. The van der Waals surface area contributed by atoms with Gasteiger partial charge in [0.25, 0.3) is 0 Å². The zero-order valence-corrected chi connectivity index (χ0v) is 12.6. The Balaban J connectivity index is 2.66. The quantitative estimate of drug-likeness (QED) is 0.585. The molecule has 0 aliphatic heterocycles. The van der Waals surface area contributed by atoms with Gasteiger partial charge in [-0.05, 0) is 37.7 Å². The fourth-order valence-electron chi connectivity index (χ4n) is 2.05. The lowest BCUT2D eigenvalue weighted by Gasteiger charge is -2.26. The minimum absolute atomic E-state index is 0.160. The Morgan fingerprint density at radius 3 is 2.42 bits per heavy atom. The molecule has 0 saturated heterocycles. The number of phenols is 1. The third-order valence-corrected chi connectivity index (χ3v) is 2.98. The second-order valence-electron chi connectivity index (χ2n) is 5.83. The summed E-state index contributed by atoms with van der Waals surface area (Å²) >= 11 is 0. The molecule has 0 radical (unpaired) electrons. The van der Waals surface area contributed by atoms with E-state index in [0.29, 0.717) is 11.6 Å². The van der Waals surface area contributed by atoms with E-state index in [-0.39, 0.29) is 5.75 Å². The lowest BCUT2D eigenvalue weighted by atomic mass is 10.1. The first kappa shape index (κ1) is 15.8. The molecule has 4 nitrogen and oxygen atoms in total. The molecule has 108 valence electrons. The van der Waals surface area contributed by atoms with E-state index < -0.39 is 0 Å². The van der Waals surface area contributed by atoms with Gasteiger partial charge in [-0.25, -0.2) is 0 Å². The van der Waals surface area contributed by atoms with Crippen molar-refractivity contribution in [1.29, 1.82) is 0 Å². The molecule has 1 aromatic carbocycles. The summed E-state index contributed by atoms with van der Waals surface area (Å²) in [6.07, 6.45) is 0. The number of aromatic hydroxyl groups is 1. The molecule has 0 bridgehead atoms. The molecule has 1 aromatic rings. The van der Waals surface area contributed by atoms with E-state index >= 15 is 0 Å². The lowest BCUT2D eigenvalue weighted by molar-refractivity contribution is 0.212. The Morgan fingerprint density at radius 2 is 1.89 bits per heavy atom. The second kappa shape index (κ2) is 7.36. The van der Waals surface area contributed by atoms with Gasteiger partial charge in [0.1, 0.15) is 5.75 Å². The highest BCUT2D eigenvalue weighted by Crippen LogP contribution is 2.21. The molecule has 4 heteroatoms. The Morgan fingerprint density at radius 1 is 1.21 bits per heavy atom. The van der Waals surface area contributed by atoms with Crippen molar-refractivity contribution in [3.8, 4) is 5.75 Å². The average molecular weight is 265 g/mol. The Bertz CT molecular complexity index is 391. The molecule has 0 aliphatic rings. The molecule has 0 saturated carbocycles. The van der Waals surface area contributed by atoms with E-state index in [1.807, 2.05) is 12.1 Å². The van der Waals surface area contributed by atoms with Gasteiger partial charge in [0, 0.05) is 26.2 Å². The molecule has 1 rings (SSSR count). The first-order valence-electron chi connectivity index (χ1n) is 6.83. The summed E-state index contributed by atoms with van der Waals surface area (Å²) in [7, 11) is 4.18. The highest BCUT2D eigenvalue weighted by molar-refractivity contribution is 5.53. The predicted molar refractivity (Wildman–Crippen MR) is 81.2 cm³/mol. The molecule has 0 aromatic heterocycles. The fraction of sp³-hybridized carbons (Fsp3) is 0.600. The van der Waals surface area contributed by atoms with Crippen molar-refractivity contribution in [3.63, 3.8) is 0 Å². The highest BCUT2D eigenvalue weighted by Gasteiger charge is 2.09. The lowest BCUT2D eigenvalue weighted by Crippen LogP contribution is -2.34. The van der Waals surface area contributed by atoms with E-state index in [1.165, 1.54) is 0 Å². The Kier molecular flexibility index (Phi) is 6.12. The standard InChI is InChI=1S/C15H27N3O/c1-12(2)10-18(8-7-17(3)4)11-13-5-6-15(19)14(16)9-13/h5-6,9,12,19H,7-8,10-11,16H2,1-4H3. The molecule has 3 N–H and O–H groups in total. The monoisotopic (exact) mass is 265 g/mol. The Labute approximate surface area is 116 Å². The van der Waals surface area contributed by atoms with Crippen molar-refractivity contribution < 1.29 is 5.11 Å². The molecule has 0 amide bonds. The van der Waals surface area contributed by atoms with Gasteiger partial charge in [-0.2, -0.15) is 0 Å². The zero-order valence-electron chi connectivity index (χ0n) is 12.6. The van der Waals surface area contributed by atoms with Crippen LogP contribution in [0, 0.1) is 5.92 Å². The van der Waals surface area contributed by atoms with Crippen molar-refractivity contribution >= 4 is 5.69 Å². The fourth-order valence-corrected chi connectivity index (χ4v) is 2.05. The third-order valence-electron chi connectivity index (χ3n) is 2.98. The van der Waals surface area contributed by atoms with Gasteiger partial charge in [0.2, 0.25) is 0 Å². The van der Waals surface area contributed by atoms with Gasteiger partial charge in [-0.15, -0.1) is 0 Å². The van der Waals surface area contributed by atoms with Crippen LogP contribution in [0.2, 0.25) is 0 Å². The van der Waals surface area contributed by atoms with E-state index in [1.54, 1.807) is 6.07 Å². The maximum atomic E-state index is 9.45. The van der Waals surface area contributed by atoms with Gasteiger partial charge < -0.3 is 15.7 Å². The van der Waals surface area contributed by atoms with Crippen molar-refractivity contribution in [2.45, 2.75) is 20.4 Å². The molecular weight excluding hydrogens is 238 g/mol. The number of nitrogen functional groups attached to an aromatic ring is 1. The summed E-state index contributed by atoms with van der Waals surface area (Å²) in [6.45, 7) is 8.47. The van der Waals surface area contributed by atoms with Crippen LogP contribution in [0.15, 0.2) is 18.2 Å². The number of nitrogens with zero attached hydrogens (tertiary/aromatic N) is 2. The van der Waals surface area contributed by atoms with E-state index in [4.69, 9.17) is 5.73 Å². The smallest absolute Gasteiger partial charge is 0.138 e. The molecule has 0 heterocycles. The molecule has 0 aliphatic carbocycles. The van der Waals surface area contributed by atoms with Crippen LogP contribution in [0.25, 0.3) is 0 Å². The number of hydrogen-bond donors (Lipinski definition) is 2. The van der Waals surface area contributed by atoms with Crippen molar-refractivity contribution in [3.05, 3.63) is 23.8 Å². The van der Waals surface area contributed by atoms with Crippen LogP contribution in [0.4, 0.5) is 5.69 Å². The van der Waals surface area contributed by atoms with Crippen LogP contribution in [-0.2, 0) is 6.54 Å². The third kappa shape index (κ3) is 5.94. The topological polar surface area (TPSA) is 52.7 Å². The first-order chi connectivity index (χ1) is 8.88. The van der Waals surface area contributed by atoms with Gasteiger partial charge in [-0.1, -0.05) is 19.9 Å². The molecular formula is C15H27N3O. The minimum Gasteiger partial charge on any atom is -0.506 e. The van der Waals surface area contributed by atoms with Gasteiger partial charge in [0.15, 0.2) is 0 Å². The van der Waals surface area contributed by atoms with Crippen LogP contribution in [0.3, 0.4) is 0 Å². The first-order valence-corrected chi connectivity index (χ1v) is 6.83. The van der Waals surface area contributed by atoms with Crippen LogP contribution in [-0.4, -0.2) is 48.6 Å². The van der Waals surface area contributed by atoms with Crippen LogP contribution >= 0.6 is 0 Å². The summed E-state index contributed by atoms with van der Waals surface area (Å²) in [6, 6.07) is 5.47. The van der Waals surface area contributed by atoms with Crippen molar-refractivity contribution in [1.82, 2.24) is 9.80 Å². The second-order valence-corrected chi connectivity index (χ2v) is 5.83. The van der Waals surface area contributed by atoms with E-state index in [0.717, 1.165) is 31.7 Å². The number of rotatable bonds is 7. The summed E-state index contributed by atoms with van der Waals surface area (Å²) in [5, 5.41) is 9.45. The van der Waals surface area contributed by atoms with Crippen LogP contribution in [0.5, 0.6) is 5.75 Å². The Hall–Kier alpha value is -1.26. The highest BCUT2D eigenvalue weighted by atomic mass is 16.3. The average Bonchev–Trinajstić information content (AvgIpc) is 2.30. The van der Waals surface area contributed by atoms with Crippen LogP contribution in [0.1, 0.15) is 19.4 Å². The zero-order chi connectivity index (χ0) is 14.4. The molecule has 0 fully saturated rings. The largest absolute Gasteiger partial charge is 0.506 e. The SMILES string of the molecule is CC(C)CN(CCN(C)C)Cc1ccc(O)c(N)c1. The van der Waals surface area contributed by atoms with E-state index in [2.05, 4.69) is 37.7 Å². The molecule has 0 unspecified atom stereocenters. The van der Waals surface area contributed by atoms with Gasteiger partial charge >= 0.3 is 0 Å². The summed E-state index contributed by atoms with van der Waals surface area (Å²) in [5.74, 6) is 0.795.